The number of non-ortho nitro benzene ring substituents is 1. The number of furan rings is 1. The van der Waals surface area contributed by atoms with Crippen LogP contribution in [-0.2, 0) is 9.59 Å². The molecule has 0 atom stereocenters. The quantitative estimate of drug-likeness (QED) is 0.272. The number of aryl methyl sites for hydroxylation is 1. The zero-order chi connectivity index (χ0) is 23.7. The molecular formula is C23H17N3O7. The summed E-state index contributed by atoms with van der Waals surface area (Å²) in [5.74, 6) is -0.941. The maximum absolute atomic E-state index is 13.0. The molecule has 0 unspecified atom stereocenters. The van der Waals surface area contributed by atoms with Crippen molar-refractivity contribution < 1.29 is 28.5 Å². The number of benzene rings is 2. The topological polar surface area (TPSA) is 132 Å². The van der Waals surface area contributed by atoms with E-state index in [1.807, 2.05) is 6.92 Å². The summed E-state index contributed by atoms with van der Waals surface area (Å²) in [5.41, 5.74) is 1.28. The zero-order valence-corrected chi connectivity index (χ0v) is 17.5. The Balaban J connectivity index is 1.67. The van der Waals surface area contributed by atoms with Gasteiger partial charge in [0.1, 0.15) is 22.8 Å². The van der Waals surface area contributed by atoms with Gasteiger partial charge < -0.3 is 9.15 Å². The van der Waals surface area contributed by atoms with Crippen LogP contribution in [0.5, 0.6) is 5.75 Å². The summed E-state index contributed by atoms with van der Waals surface area (Å²) in [7, 11) is 1.37. The van der Waals surface area contributed by atoms with Crippen LogP contribution in [0.4, 0.5) is 16.2 Å². The van der Waals surface area contributed by atoms with Crippen LogP contribution in [0.25, 0.3) is 17.4 Å². The number of nitrogens with zero attached hydrogens (tertiary/aromatic N) is 2. The van der Waals surface area contributed by atoms with E-state index < -0.39 is 22.8 Å². The molecule has 0 spiro atoms. The van der Waals surface area contributed by atoms with Crippen LogP contribution in [0.15, 0.2) is 64.6 Å². The molecule has 0 saturated carbocycles. The van der Waals surface area contributed by atoms with Gasteiger partial charge >= 0.3 is 6.03 Å². The average molecular weight is 447 g/mol. The van der Waals surface area contributed by atoms with Crippen LogP contribution in [0.1, 0.15) is 11.3 Å². The maximum atomic E-state index is 13.0. The first-order valence-corrected chi connectivity index (χ1v) is 9.69. The first-order chi connectivity index (χ1) is 15.8. The highest BCUT2D eigenvalue weighted by atomic mass is 16.6. The third kappa shape index (κ3) is 4.09. The number of carbonyl (C=O) groups is 3. The molecule has 1 aliphatic rings. The third-order valence-electron chi connectivity index (χ3n) is 4.97. The SMILES string of the molecule is COc1cc([N+](=O)[O-])ccc1-c1ccc(C=C2C(=O)NC(=O)N(c3ccc(C)cc3)C2=O)o1. The number of imide groups is 2. The molecule has 1 N–H and O–H groups in total. The number of methoxy groups -OCH3 is 1. The Bertz CT molecular complexity index is 1320. The van der Waals surface area contributed by atoms with Crippen LogP contribution >= 0.6 is 0 Å². The van der Waals surface area contributed by atoms with E-state index in [1.54, 1.807) is 30.3 Å². The Kier molecular flexibility index (Phi) is 5.49. The van der Waals surface area contributed by atoms with Crippen molar-refractivity contribution in [3.63, 3.8) is 0 Å². The number of hydrogen-bond acceptors (Lipinski definition) is 7. The fourth-order valence-electron chi connectivity index (χ4n) is 3.30. The van der Waals surface area contributed by atoms with E-state index in [0.717, 1.165) is 10.5 Å². The van der Waals surface area contributed by atoms with Crippen LogP contribution in [-0.4, -0.2) is 29.9 Å². The van der Waals surface area contributed by atoms with Gasteiger partial charge in [0.2, 0.25) is 0 Å². The predicted molar refractivity (Wildman–Crippen MR) is 118 cm³/mol. The van der Waals surface area contributed by atoms with Crippen LogP contribution in [0.2, 0.25) is 0 Å². The van der Waals surface area contributed by atoms with Gasteiger partial charge in [-0.05, 0) is 43.3 Å². The summed E-state index contributed by atoms with van der Waals surface area (Å²) in [6, 6.07) is 13.0. The van der Waals surface area contributed by atoms with E-state index in [1.165, 1.54) is 37.5 Å². The molecule has 0 bridgehead atoms. The van der Waals surface area contributed by atoms with Gasteiger partial charge in [-0.1, -0.05) is 17.7 Å². The van der Waals surface area contributed by atoms with Gasteiger partial charge in [-0.3, -0.25) is 25.0 Å². The number of nitro groups is 1. The van der Waals surface area contributed by atoms with Gasteiger partial charge in [0.15, 0.2) is 0 Å². The van der Waals surface area contributed by atoms with E-state index in [-0.39, 0.29) is 22.8 Å². The third-order valence-corrected chi connectivity index (χ3v) is 4.97. The van der Waals surface area contributed by atoms with Gasteiger partial charge in [0.05, 0.1) is 29.4 Å². The summed E-state index contributed by atoms with van der Waals surface area (Å²) >= 11 is 0. The Hall–Kier alpha value is -4.73. The van der Waals surface area contributed by atoms with Gasteiger partial charge in [-0.15, -0.1) is 0 Å². The molecule has 0 aliphatic carbocycles. The smallest absolute Gasteiger partial charge is 0.335 e. The summed E-state index contributed by atoms with van der Waals surface area (Å²) in [4.78, 5) is 48.9. The Labute approximate surface area is 187 Å². The highest BCUT2D eigenvalue weighted by molar-refractivity contribution is 6.39. The van der Waals surface area contributed by atoms with Crippen LogP contribution < -0.4 is 15.0 Å². The first kappa shape index (κ1) is 21.5. The lowest BCUT2D eigenvalue weighted by Crippen LogP contribution is -2.54. The van der Waals surface area contributed by atoms with Crippen molar-refractivity contribution in [1.82, 2.24) is 5.32 Å². The lowest BCUT2D eigenvalue weighted by molar-refractivity contribution is -0.384. The van der Waals surface area contributed by atoms with E-state index in [2.05, 4.69) is 5.32 Å². The number of barbiturate groups is 1. The van der Waals surface area contributed by atoms with Crippen molar-refractivity contribution in [3.05, 3.63) is 81.6 Å². The molecule has 3 aromatic rings. The minimum absolute atomic E-state index is 0.144. The standard InChI is InChI=1S/C23H17N3O7/c1-13-3-5-14(6-4-13)25-22(28)18(21(27)24-23(25)29)12-16-8-10-19(33-16)17-9-7-15(26(30)31)11-20(17)32-2/h3-12H,1-2H3,(H,24,27,29). The number of hydrogen-bond donors (Lipinski definition) is 1. The van der Waals surface area contributed by atoms with Crippen molar-refractivity contribution in [1.29, 1.82) is 0 Å². The minimum atomic E-state index is -0.848. The number of amides is 4. The molecule has 10 nitrogen and oxygen atoms in total. The van der Waals surface area contributed by atoms with Crippen molar-refractivity contribution in [2.24, 2.45) is 0 Å². The largest absolute Gasteiger partial charge is 0.496 e. The molecule has 33 heavy (non-hydrogen) atoms. The number of anilines is 1. The van der Waals surface area contributed by atoms with Gasteiger partial charge in [0.25, 0.3) is 17.5 Å². The van der Waals surface area contributed by atoms with Crippen molar-refractivity contribution >= 4 is 35.3 Å². The van der Waals surface area contributed by atoms with Gasteiger partial charge in [-0.25, -0.2) is 9.69 Å². The average Bonchev–Trinajstić information content (AvgIpc) is 3.25. The second-order valence-electron chi connectivity index (χ2n) is 7.14. The number of nitro benzene ring substituents is 1. The molecule has 166 valence electrons. The van der Waals surface area contributed by atoms with Crippen LogP contribution in [0, 0.1) is 17.0 Å². The number of rotatable bonds is 5. The van der Waals surface area contributed by atoms with E-state index in [9.17, 15) is 24.5 Å². The second kappa shape index (κ2) is 8.42. The first-order valence-electron chi connectivity index (χ1n) is 9.69. The Morgan fingerprint density at radius 2 is 1.79 bits per heavy atom. The van der Waals surface area contributed by atoms with Crippen molar-refractivity contribution in [3.8, 4) is 17.1 Å². The van der Waals surface area contributed by atoms with Gasteiger partial charge in [0, 0.05) is 6.07 Å². The number of urea groups is 1. The minimum Gasteiger partial charge on any atom is -0.496 e. The van der Waals surface area contributed by atoms with E-state index in [4.69, 9.17) is 9.15 Å². The predicted octanol–water partition coefficient (Wildman–Crippen LogP) is 3.84. The molecule has 0 radical (unpaired) electrons. The summed E-state index contributed by atoms with van der Waals surface area (Å²) < 4.78 is 11.0. The lowest BCUT2D eigenvalue weighted by Gasteiger charge is -2.26. The highest BCUT2D eigenvalue weighted by Gasteiger charge is 2.37. The van der Waals surface area contributed by atoms with Gasteiger partial charge in [-0.2, -0.15) is 0 Å². The molecule has 10 heteroatoms. The summed E-state index contributed by atoms with van der Waals surface area (Å²) in [6.07, 6.45) is 1.23. The Morgan fingerprint density at radius 1 is 1.06 bits per heavy atom. The number of ether oxygens (including phenoxy) is 1. The number of carbonyl (C=O) groups excluding carboxylic acids is 3. The van der Waals surface area contributed by atoms with Crippen molar-refractivity contribution in [2.75, 3.05) is 12.0 Å². The maximum Gasteiger partial charge on any atom is 0.335 e. The normalized spacial score (nSPS) is 15.0. The molecule has 4 rings (SSSR count). The Morgan fingerprint density at radius 3 is 2.45 bits per heavy atom. The summed E-state index contributed by atoms with van der Waals surface area (Å²) in [5, 5.41) is 13.1. The van der Waals surface area contributed by atoms with Crippen molar-refractivity contribution in [2.45, 2.75) is 6.92 Å². The summed E-state index contributed by atoms with van der Waals surface area (Å²) in [6.45, 7) is 1.87. The van der Waals surface area contributed by atoms with E-state index in [0.29, 0.717) is 17.0 Å². The molecular weight excluding hydrogens is 430 g/mol. The van der Waals surface area contributed by atoms with Crippen LogP contribution in [0.3, 0.4) is 0 Å². The molecule has 1 saturated heterocycles. The highest BCUT2D eigenvalue weighted by Crippen LogP contribution is 2.34. The number of nitrogens with one attached hydrogen (secondary N) is 1. The lowest BCUT2D eigenvalue weighted by atomic mass is 10.1. The molecule has 1 aliphatic heterocycles. The molecule has 1 fully saturated rings. The second-order valence-corrected chi connectivity index (χ2v) is 7.14. The fourth-order valence-corrected chi connectivity index (χ4v) is 3.30. The monoisotopic (exact) mass is 447 g/mol. The zero-order valence-electron chi connectivity index (χ0n) is 17.5. The van der Waals surface area contributed by atoms with E-state index >= 15 is 0 Å². The fraction of sp³-hybridized carbons (Fsp3) is 0.0870. The molecule has 2 aromatic carbocycles. The molecule has 4 amide bonds. The molecule has 2 heterocycles. The molecule has 1 aromatic heterocycles.